The van der Waals surface area contributed by atoms with Crippen molar-refractivity contribution < 1.29 is 18.8 Å². The van der Waals surface area contributed by atoms with E-state index >= 15 is 0 Å². The summed E-state index contributed by atoms with van der Waals surface area (Å²) in [6.07, 6.45) is -0.101. The molecular formula is C19H19FN4O3. The summed E-state index contributed by atoms with van der Waals surface area (Å²) in [6.45, 7) is 0. The number of rotatable bonds is 5. The summed E-state index contributed by atoms with van der Waals surface area (Å²) < 4.78 is 13.0. The summed E-state index contributed by atoms with van der Waals surface area (Å²) in [4.78, 5) is 39.7. The highest BCUT2D eigenvalue weighted by molar-refractivity contribution is 6.22. The van der Waals surface area contributed by atoms with Crippen molar-refractivity contribution in [1.29, 1.82) is 0 Å². The van der Waals surface area contributed by atoms with E-state index in [0.717, 1.165) is 10.6 Å². The molecule has 1 saturated heterocycles. The topological polar surface area (TPSA) is 81.8 Å². The molecule has 8 heteroatoms. The molecule has 1 aliphatic rings. The molecule has 7 nitrogen and oxygen atoms in total. The zero-order chi connectivity index (χ0) is 19.6. The lowest BCUT2D eigenvalue weighted by Gasteiger charge is -2.16. The molecule has 0 unspecified atom stereocenters. The van der Waals surface area contributed by atoms with Gasteiger partial charge in [-0.15, -0.1) is 0 Å². The van der Waals surface area contributed by atoms with Gasteiger partial charge in [0.05, 0.1) is 12.1 Å². The maximum Gasteiger partial charge on any atom is 0.265 e. The number of benzene rings is 2. The van der Waals surface area contributed by atoms with Crippen LogP contribution in [0.4, 0.5) is 15.8 Å². The van der Waals surface area contributed by atoms with Crippen LogP contribution in [0, 0.1) is 5.82 Å². The number of nitrogens with zero attached hydrogens (tertiary/aromatic N) is 2. The first-order valence-corrected chi connectivity index (χ1v) is 8.32. The van der Waals surface area contributed by atoms with Crippen LogP contribution in [0.1, 0.15) is 16.8 Å². The summed E-state index contributed by atoms with van der Waals surface area (Å²) >= 11 is 0. The number of hydrazine groups is 1. The third kappa shape index (κ3) is 3.95. The van der Waals surface area contributed by atoms with E-state index in [0.29, 0.717) is 11.3 Å². The van der Waals surface area contributed by atoms with Crippen LogP contribution in [-0.2, 0) is 9.59 Å². The number of nitrogens with one attached hydrogen (secondary N) is 2. The molecule has 2 N–H and O–H groups in total. The van der Waals surface area contributed by atoms with Crippen molar-refractivity contribution in [3.8, 4) is 0 Å². The van der Waals surface area contributed by atoms with Gasteiger partial charge in [0.25, 0.3) is 11.8 Å². The molecule has 0 saturated carbocycles. The summed E-state index contributed by atoms with van der Waals surface area (Å²) in [5.74, 6) is -1.80. The molecular weight excluding hydrogens is 351 g/mol. The van der Waals surface area contributed by atoms with Gasteiger partial charge in [-0.2, -0.15) is 0 Å². The molecule has 2 aromatic carbocycles. The van der Waals surface area contributed by atoms with E-state index in [9.17, 15) is 18.8 Å². The summed E-state index contributed by atoms with van der Waals surface area (Å²) in [5.41, 5.74) is 6.73. The van der Waals surface area contributed by atoms with Crippen LogP contribution in [-0.4, -0.2) is 37.9 Å². The number of hydrogen-bond donors (Lipinski definition) is 2. The fourth-order valence-corrected chi connectivity index (χ4v) is 2.74. The van der Waals surface area contributed by atoms with Gasteiger partial charge in [0.15, 0.2) is 0 Å². The lowest BCUT2D eigenvalue weighted by molar-refractivity contribution is -0.121. The van der Waals surface area contributed by atoms with Gasteiger partial charge in [0.2, 0.25) is 5.91 Å². The molecule has 0 aliphatic carbocycles. The van der Waals surface area contributed by atoms with Crippen LogP contribution in [0.5, 0.6) is 0 Å². The lowest BCUT2D eigenvalue weighted by Crippen LogP contribution is -2.48. The SMILES string of the molecule is CN(C)c1ccc(C(=O)NN[C@H]2CC(=O)N(c3ccc(F)cc3)C2=O)cc1. The third-order valence-electron chi connectivity index (χ3n) is 4.24. The van der Waals surface area contributed by atoms with Gasteiger partial charge in [-0.1, -0.05) is 0 Å². The number of carbonyl (C=O) groups excluding carboxylic acids is 3. The van der Waals surface area contributed by atoms with E-state index in [4.69, 9.17) is 0 Å². The Morgan fingerprint density at radius 2 is 1.70 bits per heavy atom. The standard InChI is InChI=1S/C19H19FN4O3/c1-23(2)14-7-3-12(4-8-14)18(26)22-21-16-11-17(25)24(19(16)27)15-9-5-13(20)6-10-15/h3-10,16,21H,11H2,1-2H3,(H,22,26)/t16-/m0/s1. The van der Waals surface area contributed by atoms with Gasteiger partial charge < -0.3 is 4.90 Å². The number of amides is 3. The zero-order valence-corrected chi connectivity index (χ0v) is 14.9. The first-order valence-electron chi connectivity index (χ1n) is 8.32. The second-order valence-corrected chi connectivity index (χ2v) is 6.34. The molecule has 3 amide bonds. The number of halogens is 1. The maximum absolute atomic E-state index is 13.0. The zero-order valence-electron chi connectivity index (χ0n) is 14.9. The predicted molar refractivity (Wildman–Crippen MR) is 98.7 cm³/mol. The molecule has 1 fully saturated rings. The Labute approximate surface area is 155 Å². The van der Waals surface area contributed by atoms with Crippen molar-refractivity contribution in [1.82, 2.24) is 10.9 Å². The molecule has 27 heavy (non-hydrogen) atoms. The minimum Gasteiger partial charge on any atom is -0.378 e. The number of imide groups is 1. The normalized spacial score (nSPS) is 16.6. The maximum atomic E-state index is 13.0. The molecule has 1 heterocycles. The molecule has 1 aliphatic heterocycles. The first kappa shape index (κ1) is 18.5. The van der Waals surface area contributed by atoms with Gasteiger partial charge in [0.1, 0.15) is 11.9 Å². The van der Waals surface area contributed by atoms with Crippen molar-refractivity contribution in [3.05, 3.63) is 59.9 Å². The molecule has 0 bridgehead atoms. The Hall–Kier alpha value is -3.26. The Kier molecular flexibility index (Phi) is 5.18. The minimum atomic E-state index is -0.882. The average molecular weight is 370 g/mol. The van der Waals surface area contributed by atoms with Crippen LogP contribution in [0.15, 0.2) is 48.5 Å². The van der Waals surface area contributed by atoms with Gasteiger partial charge in [-0.3, -0.25) is 19.8 Å². The fraction of sp³-hybridized carbons (Fsp3) is 0.211. The second kappa shape index (κ2) is 7.55. The first-order chi connectivity index (χ1) is 12.9. The van der Waals surface area contributed by atoms with Crippen LogP contribution >= 0.6 is 0 Å². The van der Waals surface area contributed by atoms with Crippen LogP contribution < -0.4 is 20.7 Å². The number of hydrogen-bond acceptors (Lipinski definition) is 5. The van der Waals surface area contributed by atoms with Crippen LogP contribution in [0.3, 0.4) is 0 Å². The van der Waals surface area contributed by atoms with Crippen molar-refractivity contribution in [2.24, 2.45) is 0 Å². The van der Waals surface area contributed by atoms with E-state index in [1.807, 2.05) is 19.0 Å². The molecule has 1 atom stereocenters. The number of carbonyl (C=O) groups is 3. The monoisotopic (exact) mass is 370 g/mol. The Bertz CT molecular complexity index is 866. The number of anilines is 2. The lowest BCUT2D eigenvalue weighted by atomic mass is 10.2. The van der Waals surface area contributed by atoms with E-state index in [-0.39, 0.29) is 6.42 Å². The van der Waals surface area contributed by atoms with Crippen molar-refractivity contribution in [2.45, 2.75) is 12.5 Å². The van der Waals surface area contributed by atoms with E-state index < -0.39 is 29.6 Å². The quantitative estimate of drug-likeness (QED) is 0.615. The molecule has 2 aromatic rings. The molecule has 3 rings (SSSR count). The van der Waals surface area contributed by atoms with Gasteiger partial charge in [0, 0.05) is 25.3 Å². The molecule has 0 spiro atoms. The van der Waals surface area contributed by atoms with E-state index in [1.54, 1.807) is 24.3 Å². The van der Waals surface area contributed by atoms with Crippen molar-refractivity contribution in [3.63, 3.8) is 0 Å². The average Bonchev–Trinajstić information content (AvgIpc) is 2.94. The van der Waals surface area contributed by atoms with E-state index in [2.05, 4.69) is 10.9 Å². The van der Waals surface area contributed by atoms with Gasteiger partial charge in [-0.25, -0.2) is 14.7 Å². The summed E-state index contributed by atoms with van der Waals surface area (Å²) in [5, 5.41) is 0. The predicted octanol–water partition coefficient (Wildman–Crippen LogP) is 1.46. The highest BCUT2D eigenvalue weighted by Crippen LogP contribution is 2.22. The third-order valence-corrected chi connectivity index (χ3v) is 4.24. The van der Waals surface area contributed by atoms with Gasteiger partial charge >= 0.3 is 0 Å². The second-order valence-electron chi connectivity index (χ2n) is 6.34. The molecule has 0 aromatic heterocycles. The molecule has 0 radical (unpaired) electrons. The van der Waals surface area contributed by atoms with Crippen LogP contribution in [0.25, 0.3) is 0 Å². The smallest absolute Gasteiger partial charge is 0.265 e. The summed E-state index contributed by atoms with van der Waals surface area (Å²) in [7, 11) is 3.79. The van der Waals surface area contributed by atoms with Crippen molar-refractivity contribution >= 4 is 29.1 Å². The van der Waals surface area contributed by atoms with E-state index in [1.165, 1.54) is 24.3 Å². The highest BCUT2D eigenvalue weighted by Gasteiger charge is 2.39. The Morgan fingerprint density at radius 3 is 2.30 bits per heavy atom. The Morgan fingerprint density at radius 1 is 1.07 bits per heavy atom. The Balaban J connectivity index is 1.62. The minimum absolute atomic E-state index is 0.101. The van der Waals surface area contributed by atoms with Crippen LogP contribution in [0.2, 0.25) is 0 Å². The van der Waals surface area contributed by atoms with Gasteiger partial charge in [-0.05, 0) is 48.5 Å². The summed E-state index contributed by atoms with van der Waals surface area (Å²) in [6, 6.07) is 11.1. The largest absolute Gasteiger partial charge is 0.378 e. The molecule has 140 valence electrons. The highest BCUT2D eigenvalue weighted by atomic mass is 19.1. The van der Waals surface area contributed by atoms with Crippen molar-refractivity contribution in [2.75, 3.05) is 23.9 Å². The fourth-order valence-electron chi connectivity index (χ4n) is 2.74.